The average Bonchev–Trinajstić information content (AvgIpc) is 3.17. The summed E-state index contributed by atoms with van der Waals surface area (Å²) in [7, 11) is -6.82. The lowest BCUT2D eigenvalue weighted by atomic mass is 9.73. The van der Waals surface area contributed by atoms with Gasteiger partial charge in [-0.15, -0.1) is 19.6 Å². The normalized spacial score (nSPS) is 25.1. The third-order valence-corrected chi connectivity index (χ3v) is 10.5. The largest absolute Gasteiger partial charge is 0.316 e. The summed E-state index contributed by atoms with van der Waals surface area (Å²) in [4.78, 5) is 0. The minimum absolute atomic E-state index is 0.353. The Kier molecular flexibility index (Phi) is 10.5. The third-order valence-electron chi connectivity index (χ3n) is 6.53. The van der Waals surface area contributed by atoms with E-state index in [-0.39, 0.29) is 0 Å². The second-order valence-corrected chi connectivity index (χ2v) is 11.8. The summed E-state index contributed by atoms with van der Waals surface area (Å²) < 4.78 is 45.9. The molecule has 0 aromatic heterocycles. The molecule has 9 heteroatoms. The highest BCUT2D eigenvalue weighted by Crippen LogP contribution is 2.71. The molecule has 0 N–H and O–H groups in total. The maximum atomic E-state index is 8.49. The fraction of sp³-hybridized carbons (Fsp3) is 0.900. The van der Waals surface area contributed by atoms with Crippen molar-refractivity contribution in [2.45, 2.75) is 67.7 Å². The number of halogens is 1. The standard InChI is InChI=1S/C20H40N2OP.ClHO4/c1-8-21(9-2)24(23-12-5,22(10-3)11-4)16-19-17-13-14-18(15-17)20(19,6)7;2-1(3,4)5/h16-18H,8-15H2,1-7H3;(H,2,3,4,5)/q+1;/p-1/b19-16+;/t17-,18+;/m1./s1. The Bertz CT molecular complexity index is 515. The van der Waals surface area contributed by atoms with Gasteiger partial charge in [0.25, 0.3) is 0 Å². The van der Waals surface area contributed by atoms with E-state index in [1.807, 2.05) is 0 Å². The van der Waals surface area contributed by atoms with E-state index in [1.165, 1.54) is 19.3 Å². The van der Waals surface area contributed by atoms with E-state index in [1.54, 1.807) is 5.57 Å². The molecule has 0 aromatic rings. The molecule has 2 atom stereocenters. The Labute approximate surface area is 180 Å². The number of rotatable bonds is 9. The summed E-state index contributed by atoms with van der Waals surface area (Å²) in [5, 5.41) is 0. The molecule has 172 valence electrons. The third kappa shape index (κ3) is 6.58. The Morgan fingerprint density at radius 2 is 1.41 bits per heavy atom. The first-order chi connectivity index (χ1) is 13.4. The van der Waals surface area contributed by atoms with E-state index in [0.717, 1.165) is 44.6 Å². The number of fused-ring (bicyclic) bond motifs is 2. The second kappa shape index (κ2) is 11.2. The maximum absolute atomic E-state index is 8.49. The van der Waals surface area contributed by atoms with Crippen LogP contribution in [0.25, 0.3) is 0 Å². The fourth-order valence-electron chi connectivity index (χ4n) is 5.12. The Morgan fingerprint density at radius 3 is 1.72 bits per heavy atom. The van der Waals surface area contributed by atoms with E-state index in [4.69, 9.17) is 23.2 Å². The van der Waals surface area contributed by atoms with Gasteiger partial charge < -0.3 is 0 Å². The van der Waals surface area contributed by atoms with E-state index in [0.29, 0.717) is 5.41 Å². The minimum atomic E-state index is -4.94. The topological polar surface area (TPSA) is 108 Å². The monoisotopic (exact) mass is 454 g/mol. The predicted octanol–water partition coefficient (Wildman–Crippen LogP) is 1.05. The lowest BCUT2D eigenvalue weighted by Crippen LogP contribution is -2.68. The smallest absolute Gasteiger partial charge is 0.222 e. The van der Waals surface area contributed by atoms with Crippen molar-refractivity contribution in [1.82, 2.24) is 9.34 Å². The van der Waals surface area contributed by atoms with Crippen LogP contribution in [-0.2, 0) is 4.52 Å². The van der Waals surface area contributed by atoms with Crippen LogP contribution in [0.2, 0.25) is 0 Å². The van der Waals surface area contributed by atoms with Gasteiger partial charge in [0.1, 0.15) is 5.82 Å². The number of nitrogens with zero attached hydrogens (tertiary/aromatic N) is 2. The van der Waals surface area contributed by atoms with Crippen LogP contribution in [0.15, 0.2) is 11.4 Å². The first-order valence-electron chi connectivity index (χ1n) is 10.8. The van der Waals surface area contributed by atoms with Gasteiger partial charge in [0.05, 0.1) is 6.61 Å². The van der Waals surface area contributed by atoms with Gasteiger partial charge in [-0.05, 0) is 76.7 Å². The molecule has 2 bridgehead atoms. The summed E-state index contributed by atoms with van der Waals surface area (Å²) >= 11 is 0. The lowest BCUT2D eigenvalue weighted by Gasteiger charge is -2.40. The van der Waals surface area contributed by atoms with Crippen molar-refractivity contribution in [2.24, 2.45) is 17.3 Å². The first kappa shape index (κ1) is 27.2. The van der Waals surface area contributed by atoms with Crippen molar-refractivity contribution in [3.05, 3.63) is 11.4 Å². The van der Waals surface area contributed by atoms with Crippen LogP contribution in [0.1, 0.15) is 67.7 Å². The van der Waals surface area contributed by atoms with Gasteiger partial charge in [0, 0.05) is 26.2 Å². The van der Waals surface area contributed by atoms with Crippen molar-refractivity contribution in [1.29, 1.82) is 0 Å². The van der Waals surface area contributed by atoms with Crippen molar-refractivity contribution < 1.29 is 33.4 Å². The summed E-state index contributed by atoms with van der Waals surface area (Å²) in [5.74, 6) is 4.34. The Balaban J connectivity index is 0.000000749. The van der Waals surface area contributed by atoms with Crippen LogP contribution >= 0.6 is 7.79 Å². The van der Waals surface area contributed by atoms with Crippen molar-refractivity contribution >= 4 is 7.79 Å². The summed E-state index contributed by atoms with van der Waals surface area (Å²) in [6.07, 6.45) is 4.22. The van der Waals surface area contributed by atoms with Crippen LogP contribution in [0, 0.1) is 27.5 Å². The molecule has 2 saturated carbocycles. The Morgan fingerprint density at radius 1 is 0.966 bits per heavy atom. The number of hydrogen-bond acceptors (Lipinski definition) is 7. The molecule has 0 unspecified atom stereocenters. The molecule has 29 heavy (non-hydrogen) atoms. The SMILES string of the molecule is CCO[P+](/C=C1\[C@@H]2CC[C@@H](C2)C1(C)C)(N(CC)CC)N(CC)CC.[O-][Cl+3]([O-])([O-])[O-]. The molecule has 0 amide bonds. The van der Waals surface area contributed by atoms with E-state index >= 15 is 0 Å². The van der Waals surface area contributed by atoms with Gasteiger partial charge >= 0.3 is 7.79 Å². The molecule has 2 aliphatic rings. The molecule has 7 nitrogen and oxygen atoms in total. The predicted molar refractivity (Wildman–Crippen MR) is 107 cm³/mol. The second-order valence-electron chi connectivity index (χ2n) is 8.18. The molecular weight excluding hydrogens is 415 g/mol. The summed E-state index contributed by atoms with van der Waals surface area (Å²) in [6.45, 7) is 21.3. The highest BCUT2D eigenvalue weighted by molar-refractivity contribution is 7.69. The molecule has 2 aliphatic carbocycles. The zero-order chi connectivity index (χ0) is 22.5. The maximum Gasteiger partial charge on any atom is 0.316 e. The van der Waals surface area contributed by atoms with Crippen LogP contribution in [0.4, 0.5) is 0 Å². The van der Waals surface area contributed by atoms with E-state index < -0.39 is 18.0 Å². The van der Waals surface area contributed by atoms with Crippen LogP contribution in [0.3, 0.4) is 0 Å². The highest BCUT2D eigenvalue weighted by Gasteiger charge is 2.55. The van der Waals surface area contributed by atoms with Gasteiger partial charge in [-0.1, -0.05) is 13.8 Å². The average molecular weight is 455 g/mol. The first-order valence-corrected chi connectivity index (χ1v) is 13.7. The molecule has 0 aliphatic heterocycles. The van der Waals surface area contributed by atoms with E-state index in [2.05, 4.69) is 63.6 Å². The van der Waals surface area contributed by atoms with Crippen LogP contribution in [0.5, 0.6) is 0 Å². The van der Waals surface area contributed by atoms with Crippen molar-refractivity contribution in [3.63, 3.8) is 0 Å². The molecule has 0 saturated heterocycles. The summed E-state index contributed by atoms with van der Waals surface area (Å²) in [5.41, 5.74) is 2.06. The number of hydrogen-bond donors (Lipinski definition) is 0. The quantitative estimate of drug-likeness (QED) is 0.479. The van der Waals surface area contributed by atoms with Crippen molar-refractivity contribution in [2.75, 3.05) is 32.8 Å². The van der Waals surface area contributed by atoms with Crippen LogP contribution in [-0.4, -0.2) is 42.1 Å². The summed E-state index contributed by atoms with van der Waals surface area (Å²) in [6, 6.07) is 0. The molecule has 2 rings (SSSR count). The molecule has 2 fully saturated rings. The highest BCUT2D eigenvalue weighted by atomic mass is 35.7. The van der Waals surface area contributed by atoms with Crippen LogP contribution < -0.4 is 18.6 Å². The zero-order valence-electron chi connectivity index (χ0n) is 19.1. The fourth-order valence-corrected chi connectivity index (χ4v) is 9.12. The Hall–Kier alpha value is 0.180. The number of allylic oxidation sites excluding steroid dienone is 1. The van der Waals surface area contributed by atoms with Gasteiger partial charge in [-0.2, -0.15) is 4.52 Å². The van der Waals surface area contributed by atoms with Crippen molar-refractivity contribution in [3.8, 4) is 0 Å². The van der Waals surface area contributed by atoms with Gasteiger partial charge in [0.2, 0.25) is 0 Å². The molecule has 0 radical (unpaired) electrons. The molecule has 0 spiro atoms. The lowest BCUT2D eigenvalue weighted by molar-refractivity contribution is -2.00. The van der Waals surface area contributed by atoms with E-state index in [9.17, 15) is 0 Å². The van der Waals surface area contributed by atoms with Gasteiger partial charge in [0.15, 0.2) is 0 Å². The molecule has 0 aromatic carbocycles. The van der Waals surface area contributed by atoms with Gasteiger partial charge in [-0.25, -0.2) is 18.6 Å². The zero-order valence-corrected chi connectivity index (χ0v) is 20.8. The van der Waals surface area contributed by atoms with Gasteiger partial charge in [-0.3, -0.25) is 0 Å². The molecule has 0 heterocycles. The minimum Gasteiger partial charge on any atom is -0.222 e. The molecular formula is C20H40ClN2O5P.